The molecule has 1 N–H and O–H groups in total. The Morgan fingerprint density at radius 3 is 1.65 bits per heavy atom. The van der Waals surface area contributed by atoms with Gasteiger partial charge in [-0.05, 0) is 0 Å². The first-order valence-corrected chi connectivity index (χ1v) is 5.59. The largest absolute Gasteiger partial charge is 1.00 e. The van der Waals surface area contributed by atoms with Crippen LogP contribution in [0.2, 0.25) is 0 Å². The molecule has 0 saturated heterocycles. The Morgan fingerprint density at radius 2 is 1.35 bits per heavy atom. The molecule has 0 spiro atoms. The van der Waals surface area contributed by atoms with E-state index in [-0.39, 0.29) is 31.0 Å². The van der Waals surface area contributed by atoms with Crippen molar-refractivity contribution < 1.29 is 58.7 Å². The fourth-order valence-electron chi connectivity index (χ4n) is 1.27. The molecule has 0 bridgehead atoms. The molecule has 0 atom stereocenters. The summed E-state index contributed by atoms with van der Waals surface area (Å²) in [6.07, 6.45) is 0. The summed E-state index contributed by atoms with van der Waals surface area (Å²) < 4.78 is 30.8. The minimum absolute atomic E-state index is 0. The van der Waals surface area contributed by atoms with Crippen LogP contribution in [0.3, 0.4) is 0 Å². The summed E-state index contributed by atoms with van der Waals surface area (Å²) in [4.78, 5) is 25.9. The quantitative estimate of drug-likeness (QED) is 0.278. The van der Waals surface area contributed by atoms with Gasteiger partial charge in [-0.15, -0.1) is 0 Å². The number of benzene rings is 1. The third-order valence-electron chi connectivity index (χ3n) is 1.92. The molecule has 0 unspecified atom stereocenters. The second-order valence-electron chi connectivity index (χ2n) is 3.03. The maximum absolute atomic E-state index is 11.0. The van der Waals surface area contributed by atoms with Crippen molar-refractivity contribution in [2.45, 2.75) is 4.90 Å². The van der Waals surface area contributed by atoms with Crippen LogP contribution in [0, 0.1) is 30.3 Å². The molecule has 20 heavy (non-hydrogen) atoms. The maximum Gasteiger partial charge on any atom is 1.00 e. The van der Waals surface area contributed by atoms with Crippen LogP contribution in [0.25, 0.3) is 0 Å². The van der Waals surface area contributed by atoms with Gasteiger partial charge in [-0.3, -0.25) is 34.9 Å². The van der Waals surface area contributed by atoms with Gasteiger partial charge in [0.25, 0.3) is 10.6 Å². The van der Waals surface area contributed by atoms with Crippen LogP contribution >= 0.6 is 0 Å². The van der Waals surface area contributed by atoms with E-state index in [1.165, 1.54) is 0 Å². The monoisotopic (exact) mass is 317 g/mol. The Labute approximate surface area is 133 Å². The number of hydrogen-bond acceptors (Lipinski definition) is 8. The van der Waals surface area contributed by atoms with E-state index in [0.717, 1.165) is 0 Å². The van der Waals surface area contributed by atoms with E-state index in [0.29, 0.717) is 12.1 Å². The van der Waals surface area contributed by atoms with E-state index < -0.39 is 46.8 Å². The number of nitro benzene ring substituents is 3. The Kier molecular flexibility index (Phi) is 5.67. The molecule has 104 valence electrons. The number of rotatable bonds is 4. The van der Waals surface area contributed by atoms with Gasteiger partial charge < -0.3 is 1.43 Å². The van der Waals surface area contributed by atoms with E-state index in [2.05, 4.69) is 0 Å². The molecule has 12 nitrogen and oxygen atoms in total. The Balaban J connectivity index is 0. The fourth-order valence-corrected chi connectivity index (χ4v) is 2.10. The predicted molar refractivity (Wildman–Crippen MR) is 57.3 cm³/mol. The zero-order valence-electron chi connectivity index (χ0n) is 10.6. The first-order valence-electron chi connectivity index (χ1n) is 4.15. The molecule has 0 heterocycles. The average Bonchev–Trinajstić information content (AvgIpc) is 2.25. The van der Waals surface area contributed by atoms with E-state index in [1.807, 2.05) is 0 Å². The molecule has 0 aliphatic rings. The predicted octanol–water partition coefficient (Wildman–Crippen LogP) is -2.23. The van der Waals surface area contributed by atoms with Crippen molar-refractivity contribution in [2.24, 2.45) is 0 Å². The summed E-state index contributed by atoms with van der Waals surface area (Å²) in [5, 5.41) is 31.8. The van der Waals surface area contributed by atoms with Crippen molar-refractivity contribution in [3.8, 4) is 0 Å². The van der Waals surface area contributed by atoms with Gasteiger partial charge in [0.2, 0.25) is 0 Å². The van der Waals surface area contributed by atoms with Crippen LogP contribution in [-0.2, 0) is 10.1 Å². The molecule has 1 aromatic carbocycles. The summed E-state index contributed by atoms with van der Waals surface area (Å²) in [5.41, 5.74) is -4.29. The molecule has 0 aliphatic heterocycles. The van der Waals surface area contributed by atoms with Gasteiger partial charge in [0.1, 0.15) is 0 Å². The van der Waals surface area contributed by atoms with Gasteiger partial charge in [0.15, 0.2) is 0 Å². The number of hydrogen-bond donors (Lipinski definition) is 1. The van der Waals surface area contributed by atoms with Gasteiger partial charge in [-0.1, -0.05) is 0 Å². The Hall–Kier alpha value is -1.67. The topological polar surface area (TPSA) is 184 Å². The molecular formula is C6H4N3NaO9S. The summed E-state index contributed by atoms with van der Waals surface area (Å²) in [6, 6.07) is 0.791. The van der Waals surface area contributed by atoms with Crippen molar-refractivity contribution in [1.82, 2.24) is 0 Å². The minimum Gasteiger partial charge on any atom is -1.00 e. The summed E-state index contributed by atoms with van der Waals surface area (Å²) in [7, 11) is -5.40. The van der Waals surface area contributed by atoms with Crippen molar-refractivity contribution in [1.29, 1.82) is 0 Å². The molecular weight excluding hydrogens is 313 g/mol. The number of nitro groups is 3. The van der Waals surface area contributed by atoms with Gasteiger partial charge >= 0.3 is 51.1 Å². The molecule has 0 saturated carbocycles. The molecule has 0 aromatic heterocycles. The minimum atomic E-state index is -5.40. The SMILES string of the molecule is O=[N+]([O-])c1ccc([N+](=O)[O-])c(S(=O)(=O)O)c1[N+](=O)[O-].[H-].[Na+]. The van der Waals surface area contributed by atoms with Crippen molar-refractivity contribution >= 4 is 27.2 Å². The normalized spacial score (nSPS) is 10.4. The Morgan fingerprint density at radius 1 is 0.950 bits per heavy atom. The van der Waals surface area contributed by atoms with Crippen LogP contribution in [-0.4, -0.2) is 27.7 Å². The summed E-state index contributed by atoms with van der Waals surface area (Å²) in [6.45, 7) is 0. The second-order valence-corrected chi connectivity index (χ2v) is 4.39. The second kappa shape index (κ2) is 6.19. The summed E-state index contributed by atoms with van der Waals surface area (Å²) >= 11 is 0. The maximum atomic E-state index is 11.0. The molecule has 1 aromatic rings. The van der Waals surface area contributed by atoms with E-state index in [1.54, 1.807) is 0 Å². The first-order chi connectivity index (χ1) is 8.57. The third-order valence-corrected chi connectivity index (χ3v) is 2.84. The van der Waals surface area contributed by atoms with Crippen molar-refractivity contribution in [2.75, 3.05) is 0 Å². The fraction of sp³-hybridized carbons (Fsp3) is 0. The van der Waals surface area contributed by atoms with Crippen LogP contribution in [0.15, 0.2) is 17.0 Å². The smallest absolute Gasteiger partial charge is 1.00 e. The van der Waals surface area contributed by atoms with Crippen LogP contribution in [0.1, 0.15) is 1.43 Å². The summed E-state index contributed by atoms with van der Waals surface area (Å²) in [5.74, 6) is 0. The number of nitrogens with zero attached hydrogens (tertiary/aromatic N) is 3. The van der Waals surface area contributed by atoms with E-state index >= 15 is 0 Å². The zero-order valence-corrected chi connectivity index (χ0v) is 12.4. The van der Waals surface area contributed by atoms with E-state index in [9.17, 15) is 38.8 Å². The standard InChI is InChI=1S/C6H3N3O9S.Na.H/c10-7(11)3-1-2-4(8(12)13)6(19(16,17)18)5(3)9(14)15;;/h1-2H,(H,16,17,18);;/q;+1;-1. The van der Waals surface area contributed by atoms with Crippen molar-refractivity contribution in [3.63, 3.8) is 0 Å². The van der Waals surface area contributed by atoms with Crippen molar-refractivity contribution in [3.05, 3.63) is 42.5 Å². The van der Waals surface area contributed by atoms with Gasteiger partial charge in [-0.25, -0.2) is 0 Å². The van der Waals surface area contributed by atoms with E-state index in [4.69, 9.17) is 4.55 Å². The molecule has 0 radical (unpaired) electrons. The van der Waals surface area contributed by atoms with Gasteiger partial charge in [0.05, 0.1) is 14.8 Å². The third kappa shape index (κ3) is 3.45. The molecule has 0 aliphatic carbocycles. The molecule has 1 rings (SSSR count). The van der Waals surface area contributed by atoms with Gasteiger partial charge in [-0.2, -0.15) is 8.42 Å². The Bertz CT molecular complexity index is 706. The molecule has 0 fully saturated rings. The van der Waals surface area contributed by atoms with Crippen LogP contribution in [0.4, 0.5) is 17.1 Å². The van der Waals surface area contributed by atoms with Crippen LogP contribution in [0.5, 0.6) is 0 Å². The first kappa shape index (κ1) is 18.3. The van der Waals surface area contributed by atoms with Crippen LogP contribution < -0.4 is 29.6 Å². The van der Waals surface area contributed by atoms with Gasteiger partial charge in [0, 0.05) is 12.1 Å². The molecule has 14 heteroatoms. The zero-order chi connectivity index (χ0) is 15.0. The molecule has 0 amide bonds. The average molecular weight is 317 g/mol.